The molecular formula is C14H22O. The van der Waals surface area contributed by atoms with E-state index in [0.29, 0.717) is 17.9 Å². The molecule has 0 saturated carbocycles. The van der Waals surface area contributed by atoms with E-state index in [1.54, 1.807) is 5.57 Å². The second-order valence-corrected chi connectivity index (χ2v) is 5.17. The summed E-state index contributed by atoms with van der Waals surface area (Å²) in [6.45, 7) is 7.72. The van der Waals surface area contributed by atoms with E-state index >= 15 is 0 Å². The molecule has 0 aromatic carbocycles. The SMILES string of the molecule is CC1=CC(C2CCC(C)=CC2C)OCC1. The fourth-order valence-corrected chi connectivity index (χ4v) is 2.79. The first-order valence-corrected chi connectivity index (χ1v) is 6.13. The number of hydrogen-bond acceptors (Lipinski definition) is 1. The Kier molecular flexibility index (Phi) is 3.30. The molecule has 0 saturated heterocycles. The van der Waals surface area contributed by atoms with Gasteiger partial charge < -0.3 is 4.74 Å². The maximum Gasteiger partial charge on any atom is 0.0792 e. The lowest BCUT2D eigenvalue weighted by molar-refractivity contribution is 0.0206. The van der Waals surface area contributed by atoms with Crippen LogP contribution in [-0.2, 0) is 4.74 Å². The molecule has 1 heterocycles. The van der Waals surface area contributed by atoms with E-state index in [1.807, 2.05) is 0 Å². The number of rotatable bonds is 1. The molecule has 0 fully saturated rings. The lowest BCUT2D eigenvalue weighted by atomic mass is 9.78. The third-order valence-corrected chi connectivity index (χ3v) is 3.77. The van der Waals surface area contributed by atoms with Gasteiger partial charge in [-0.15, -0.1) is 0 Å². The van der Waals surface area contributed by atoms with Crippen molar-refractivity contribution in [1.29, 1.82) is 0 Å². The Bertz CT molecular complexity index is 288. The zero-order valence-electron chi connectivity index (χ0n) is 10.1. The summed E-state index contributed by atoms with van der Waals surface area (Å²) in [7, 11) is 0. The second kappa shape index (κ2) is 4.52. The first kappa shape index (κ1) is 10.9. The average molecular weight is 206 g/mol. The van der Waals surface area contributed by atoms with Gasteiger partial charge in [0.25, 0.3) is 0 Å². The predicted octanol–water partition coefficient (Wildman–Crippen LogP) is 3.71. The zero-order valence-corrected chi connectivity index (χ0v) is 10.1. The van der Waals surface area contributed by atoms with E-state index in [4.69, 9.17) is 4.74 Å². The molecule has 0 N–H and O–H groups in total. The van der Waals surface area contributed by atoms with Crippen LogP contribution in [0.25, 0.3) is 0 Å². The fraction of sp³-hybridized carbons (Fsp3) is 0.714. The van der Waals surface area contributed by atoms with Gasteiger partial charge in [-0.3, -0.25) is 0 Å². The Morgan fingerprint density at radius 2 is 1.87 bits per heavy atom. The van der Waals surface area contributed by atoms with Crippen LogP contribution in [0.1, 0.15) is 40.0 Å². The molecular weight excluding hydrogens is 184 g/mol. The van der Waals surface area contributed by atoms with E-state index in [2.05, 4.69) is 32.9 Å². The summed E-state index contributed by atoms with van der Waals surface area (Å²) in [6.07, 6.45) is 8.80. The molecule has 1 nitrogen and oxygen atoms in total. The minimum atomic E-state index is 0.373. The van der Waals surface area contributed by atoms with Gasteiger partial charge in [0.05, 0.1) is 12.7 Å². The maximum absolute atomic E-state index is 5.89. The van der Waals surface area contributed by atoms with Crippen LogP contribution in [0.4, 0.5) is 0 Å². The van der Waals surface area contributed by atoms with E-state index in [1.165, 1.54) is 18.4 Å². The van der Waals surface area contributed by atoms with Crippen molar-refractivity contribution >= 4 is 0 Å². The Morgan fingerprint density at radius 1 is 1.13 bits per heavy atom. The van der Waals surface area contributed by atoms with Crippen LogP contribution in [-0.4, -0.2) is 12.7 Å². The fourth-order valence-electron chi connectivity index (χ4n) is 2.79. The lowest BCUT2D eigenvalue weighted by Gasteiger charge is -2.34. The Morgan fingerprint density at radius 3 is 2.53 bits per heavy atom. The van der Waals surface area contributed by atoms with Crippen LogP contribution < -0.4 is 0 Å². The van der Waals surface area contributed by atoms with Crippen LogP contribution in [0.5, 0.6) is 0 Å². The summed E-state index contributed by atoms with van der Waals surface area (Å²) in [5.41, 5.74) is 3.06. The monoisotopic (exact) mass is 206 g/mol. The smallest absolute Gasteiger partial charge is 0.0792 e. The summed E-state index contributed by atoms with van der Waals surface area (Å²) >= 11 is 0. The molecule has 0 bridgehead atoms. The highest BCUT2D eigenvalue weighted by atomic mass is 16.5. The molecule has 0 amide bonds. The Hall–Kier alpha value is -0.560. The second-order valence-electron chi connectivity index (χ2n) is 5.17. The van der Waals surface area contributed by atoms with E-state index in [0.717, 1.165) is 13.0 Å². The van der Waals surface area contributed by atoms with Gasteiger partial charge in [0.15, 0.2) is 0 Å². The highest BCUT2D eigenvalue weighted by molar-refractivity contribution is 5.13. The third-order valence-electron chi connectivity index (χ3n) is 3.77. The number of hydrogen-bond donors (Lipinski definition) is 0. The summed E-state index contributed by atoms with van der Waals surface area (Å²) in [6, 6.07) is 0. The largest absolute Gasteiger partial charge is 0.374 e. The Balaban J connectivity index is 2.08. The van der Waals surface area contributed by atoms with Gasteiger partial charge in [0, 0.05) is 0 Å². The number of ether oxygens (including phenoxy) is 1. The van der Waals surface area contributed by atoms with Gasteiger partial charge >= 0.3 is 0 Å². The molecule has 0 spiro atoms. The van der Waals surface area contributed by atoms with Gasteiger partial charge in [0.2, 0.25) is 0 Å². The molecule has 1 heteroatoms. The maximum atomic E-state index is 5.89. The highest BCUT2D eigenvalue weighted by Gasteiger charge is 2.28. The van der Waals surface area contributed by atoms with Crippen LogP contribution in [0.2, 0.25) is 0 Å². The van der Waals surface area contributed by atoms with Gasteiger partial charge in [-0.1, -0.05) is 30.2 Å². The van der Waals surface area contributed by atoms with E-state index in [-0.39, 0.29) is 0 Å². The number of allylic oxidation sites excluding steroid dienone is 2. The molecule has 0 aromatic heterocycles. The zero-order chi connectivity index (χ0) is 10.8. The highest BCUT2D eigenvalue weighted by Crippen LogP contribution is 2.34. The van der Waals surface area contributed by atoms with Gasteiger partial charge in [-0.25, -0.2) is 0 Å². The third kappa shape index (κ3) is 2.52. The van der Waals surface area contributed by atoms with Crippen molar-refractivity contribution in [1.82, 2.24) is 0 Å². The predicted molar refractivity (Wildman–Crippen MR) is 63.8 cm³/mol. The molecule has 3 unspecified atom stereocenters. The standard InChI is InChI=1S/C14H22O/c1-10-4-5-13(12(3)8-10)14-9-11(2)6-7-15-14/h8-9,12-14H,4-7H2,1-3H3. The summed E-state index contributed by atoms with van der Waals surface area (Å²) in [4.78, 5) is 0. The summed E-state index contributed by atoms with van der Waals surface area (Å²) in [5.74, 6) is 1.37. The average Bonchev–Trinajstić information content (AvgIpc) is 2.17. The molecule has 3 atom stereocenters. The molecule has 1 aliphatic heterocycles. The lowest BCUT2D eigenvalue weighted by Crippen LogP contribution is -2.31. The van der Waals surface area contributed by atoms with Crippen molar-refractivity contribution in [3.05, 3.63) is 23.3 Å². The van der Waals surface area contributed by atoms with Crippen LogP contribution in [0.3, 0.4) is 0 Å². The van der Waals surface area contributed by atoms with Crippen molar-refractivity contribution in [2.75, 3.05) is 6.61 Å². The first-order chi connectivity index (χ1) is 7.16. The summed E-state index contributed by atoms with van der Waals surface area (Å²) in [5, 5.41) is 0. The molecule has 15 heavy (non-hydrogen) atoms. The summed E-state index contributed by atoms with van der Waals surface area (Å²) < 4.78 is 5.89. The van der Waals surface area contributed by atoms with Gasteiger partial charge in [-0.05, 0) is 44.9 Å². The van der Waals surface area contributed by atoms with E-state index < -0.39 is 0 Å². The molecule has 1 aliphatic carbocycles. The normalized spacial score (nSPS) is 37.1. The van der Waals surface area contributed by atoms with Crippen LogP contribution in [0, 0.1) is 11.8 Å². The first-order valence-electron chi connectivity index (χ1n) is 6.13. The van der Waals surface area contributed by atoms with Crippen molar-refractivity contribution in [2.45, 2.75) is 46.1 Å². The van der Waals surface area contributed by atoms with Crippen LogP contribution >= 0.6 is 0 Å². The van der Waals surface area contributed by atoms with Gasteiger partial charge in [-0.2, -0.15) is 0 Å². The minimum absolute atomic E-state index is 0.373. The van der Waals surface area contributed by atoms with Crippen molar-refractivity contribution in [2.24, 2.45) is 11.8 Å². The Labute approximate surface area is 93.2 Å². The van der Waals surface area contributed by atoms with Crippen molar-refractivity contribution < 1.29 is 4.74 Å². The van der Waals surface area contributed by atoms with Crippen molar-refractivity contribution in [3.63, 3.8) is 0 Å². The van der Waals surface area contributed by atoms with Crippen LogP contribution in [0.15, 0.2) is 23.3 Å². The van der Waals surface area contributed by atoms with E-state index in [9.17, 15) is 0 Å². The molecule has 84 valence electrons. The molecule has 0 radical (unpaired) electrons. The minimum Gasteiger partial charge on any atom is -0.374 e. The molecule has 2 rings (SSSR count). The molecule has 0 aromatic rings. The van der Waals surface area contributed by atoms with Crippen molar-refractivity contribution in [3.8, 4) is 0 Å². The molecule has 2 aliphatic rings. The quantitative estimate of drug-likeness (QED) is 0.594. The van der Waals surface area contributed by atoms with Gasteiger partial charge in [0.1, 0.15) is 0 Å². The topological polar surface area (TPSA) is 9.23 Å².